The lowest BCUT2D eigenvalue weighted by Gasteiger charge is -2.37. The number of morpholine rings is 1. The molecule has 0 aromatic carbocycles. The molecule has 1 aromatic rings. The predicted molar refractivity (Wildman–Crippen MR) is 97.9 cm³/mol. The number of hydrogen-bond acceptors (Lipinski definition) is 6. The number of ether oxygens (including phenoxy) is 1. The van der Waals surface area contributed by atoms with Gasteiger partial charge >= 0.3 is 0 Å². The number of anilines is 1. The van der Waals surface area contributed by atoms with Crippen LogP contribution in [0.15, 0.2) is 0 Å². The minimum Gasteiger partial charge on any atom is -0.373 e. The van der Waals surface area contributed by atoms with Gasteiger partial charge in [-0.05, 0) is 58.4 Å². The summed E-state index contributed by atoms with van der Waals surface area (Å²) in [5.74, 6) is 2.64. The second-order valence-electron chi connectivity index (χ2n) is 7.95. The highest BCUT2D eigenvalue weighted by atomic mass is 32.1. The molecule has 2 atom stereocenters. The zero-order valence-electron chi connectivity index (χ0n) is 15.0. The summed E-state index contributed by atoms with van der Waals surface area (Å²) in [6.45, 7) is 10.1. The monoisotopic (exact) mass is 350 g/mol. The SMILES string of the molecule is CC1CN(CCC2CCN(c3nc(C4CC4)ns3)CC2)CC(C)O1. The fourth-order valence-corrected chi connectivity index (χ4v) is 4.90. The smallest absolute Gasteiger partial charge is 0.205 e. The highest BCUT2D eigenvalue weighted by molar-refractivity contribution is 7.09. The zero-order valence-corrected chi connectivity index (χ0v) is 15.8. The molecular formula is C18H30N4OS. The highest BCUT2D eigenvalue weighted by Gasteiger charge is 2.30. The van der Waals surface area contributed by atoms with E-state index in [1.54, 1.807) is 11.5 Å². The van der Waals surface area contributed by atoms with Crippen LogP contribution in [-0.2, 0) is 4.74 Å². The quantitative estimate of drug-likeness (QED) is 0.816. The molecule has 0 spiro atoms. The Morgan fingerprint density at radius 1 is 1.08 bits per heavy atom. The lowest BCUT2D eigenvalue weighted by molar-refractivity contribution is -0.0690. The molecule has 3 aliphatic rings. The van der Waals surface area contributed by atoms with Crippen molar-refractivity contribution < 1.29 is 4.74 Å². The largest absolute Gasteiger partial charge is 0.373 e. The van der Waals surface area contributed by atoms with Crippen molar-refractivity contribution in [2.24, 2.45) is 5.92 Å². The number of nitrogens with zero attached hydrogens (tertiary/aromatic N) is 4. The maximum Gasteiger partial charge on any atom is 0.205 e. The van der Waals surface area contributed by atoms with Gasteiger partial charge in [-0.2, -0.15) is 4.37 Å². The molecule has 3 heterocycles. The average Bonchev–Trinajstić information content (AvgIpc) is 3.30. The first-order valence-electron chi connectivity index (χ1n) is 9.63. The fourth-order valence-electron chi connectivity index (χ4n) is 4.11. The predicted octanol–water partition coefficient (Wildman–Crippen LogP) is 3.13. The molecule has 2 unspecified atom stereocenters. The molecule has 1 aliphatic carbocycles. The summed E-state index contributed by atoms with van der Waals surface area (Å²) < 4.78 is 10.4. The lowest BCUT2D eigenvalue weighted by atomic mass is 9.93. The van der Waals surface area contributed by atoms with Crippen LogP contribution in [0.25, 0.3) is 0 Å². The second kappa shape index (κ2) is 7.26. The summed E-state index contributed by atoms with van der Waals surface area (Å²) in [4.78, 5) is 9.82. The van der Waals surface area contributed by atoms with E-state index < -0.39 is 0 Å². The van der Waals surface area contributed by atoms with Gasteiger partial charge in [0.05, 0.1) is 12.2 Å². The fraction of sp³-hybridized carbons (Fsp3) is 0.889. The Labute approximate surface area is 149 Å². The van der Waals surface area contributed by atoms with E-state index in [4.69, 9.17) is 9.72 Å². The molecule has 4 rings (SSSR count). The molecule has 5 nitrogen and oxygen atoms in total. The number of piperidine rings is 1. The van der Waals surface area contributed by atoms with Crippen LogP contribution in [0.5, 0.6) is 0 Å². The molecule has 0 amide bonds. The third kappa shape index (κ3) is 4.09. The Morgan fingerprint density at radius 2 is 1.79 bits per heavy atom. The highest BCUT2D eigenvalue weighted by Crippen LogP contribution is 2.40. The molecule has 3 fully saturated rings. The summed E-state index contributed by atoms with van der Waals surface area (Å²) in [5, 5.41) is 1.16. The number of hydrogen-bond donors (Lipinski definition) is 0. The van der Waals surface area contributed by atoms with Gasteiger partial charge in [0.1, 0.15) is 5.82 Å². The van der Waals surface area contributed by atoms with E-state index in [1.165, 1.54) is 38.6 Å². The summed E-state index contributed by atoms with van der Waals surface area (Å²) in [6, 6.07) is 0. The normalized spacial score (nSPS) is 30.0. The van der Waals surface area contributed by atoms with Gasteiger partial charge in [-0.15, -0.1) is 0 Å². The van der Waals surface area contributed by atoms with Crippen LogP contribution in [0, 0.1) is 5.92 Å². The van der Waals surface area contributed by atoms with E-state index in [-0.39, 0.29) is 0 Å². The molecule has 6 heteroatoms. The molecule has 2 saturated heterocycles. The number of aromatic nitrogens is 2. The zero-order chi connectivity index (χ0) is 16.5. The minimum atomic E-state index is 0.383. The summed E-state index contributed by atoms with van der Waals surface area (Å²) >= 11 is 1.60. The molecule has 2 aliphatic heterocycles. The van der Waals surface area contributed by atoms with Crippen LogP contribution < -0.4 is 4.90 Å². The number of rotatable bonds is 5. The summed E-state index contributed by atoms with van der Waals surface area (Å²) in [5.41, 5.74) is 0. The van der Waals surface area contributed by atoms with Crippen LogP contribution in [-0.4, -0.2) is 59.2 Å². The molecule has 0 N–H and O–H groups in total. The van der Waals surface area contributed by atoms with Gasteiger partial charge in [0, 0.05) is 43.6 Å². The first kappa shape index (κ1) is 16.7. The van der Waals surface area contributed by atoms with Crippen LogP contribution in [0.4, 0.5) is 5.13 Å². The maximum atomic E-state index is 5.83. The van der Waals surface area contributed by atoms with Crippen molar-refractivity contribution in [3.05, 3.63) is 5.82 Å². The van der Waals surface area contributed by atoms with E-state index in [2.05, 4.69) is 28.0 Å². The topological polar surface area (TPSA) is 41.5 Å². The van der Waals surface area contributed by atoms with Crippen LogP contribution in [0.2, 0.25) is 0 Å². The van der Waals surface area contributed by atoms with Crippen LogP contribution >= 0.6 is 11.5 Å². The molecule has 0 radical (unpaired) electrons. The molecule has 0 bridgehead atoms. The Kier molecular flexibility index (Phi) is 5.06. The molecule has 1 saturated carbocycles. The van der Waals surface area contributed by atoms with Crippen LogP contribution in [0.3, 0.4) is 0 Å². The van der Waals surface area contributed by atoms with Gasteiger partial charge in [-0.25, -0.2) is 4.98 Å². The van der Waals surface area contributed by atoms with Gasteiger partial charge in [0.2, 0.25) is 5.13 Å². The molecule has 134 valence electrons. The van der Waals surface area contributed by atoms with Gasteiger partial charge < -0.3 is 9.64 Å². The van der Waals surface area contributed by atoms with Crippen molar-refractivity contribution in [1.82, 2.24) is 14.3 Å². The van der Waals surface area contributed by atoms with Crippen molar-refractivity contribution in [1.29, 1.82) is 0 Å². The van der Waals surface area contributed by atoms with Gasteiger partial charge in [0.15, 0.2) is 0 Å². The third-order valence-corrected chi connectivity index (χ3v) is 6.40. The Morgan fingerprint density at radius 3 is 2.46 bits per heavy atom. The van der Waals surface area contributed by atoms with Gasteiger partial charge in [0.25, 0.3) is 0 Å². The Balaban J connectivity index is 1.21. The van der Waals surface area contributed by atoms with Gasteiger partial charge in [-0.1, -0.05) is 0 Å². The molecule has 24 heavy (non-hydrogen) atoms. The second-order valence-corrected chi connectivity index (χ2v) is 8.68. The third-order valence-electron chi connectivity index (χ3n) is 5.61. The maximum absolute atomic E-state index is 5.83. The Bertz CT molecular complexity index is 529. The minimum absolute atomic E-state index is 0.383. The first-order chi connectivity index (χ1) is 11.7. The van der Waals surface area contributed by atoms with E-state index in [0.29, 0.717) is 18.1 Å². The standard InChI is InChI=1S/C18H30N4OS/c1-13-11-21(12-14(2)23-13)8-5-15-6-9-22(10-7-15)18-19-17(20-24-18)16-3-4-16/h13-16H,3-12H2,1-2H3. The van der Waals surface area contributed by atoms with Crippen molar-refractivity contribution in [2.45, 2.75) is 64.1 Å². The van der Waals surface area contributed by atoms with Crippen molar-refractivity contribution in [3.63, 3.8) is 0 Å². The first-order valence-corrected chi connectivity index (χ1v) is 10.4. The van der Waals surface area contributed by atoms with Crippen molar-refractivity contribution in [2.75, 3.05) is 37.6 Å². The Hall–Kier alpha value is -0.720. The summed E-state index contributed by atoms with van der Waals surface area (Å²) in [6.07, 6.45) is 7.27. The van der Waals surface area contributed by atoms with Crippen LogP contribution in [0.1, 0.15) is 57.7 Å². The van der Waals surface area contributed by atoms with E-state index in [0.717, 1.165) is 43.1 Å². The average molecular weight is 351 g/mol. The summed E-state index contributed by atoms with van der Waals surface area (Å²) in [7, 11) is 0. The van der Waals surface area contributed by atoms with E-state index >= 15 is 0 Å². The van der Waals surface area contributed by atoms with Gasteiger partial charge in [-0.3, -0.25) is 4.90 Å². The van der Waals surface area contributed by atoms with E-state index in [9.17, 15) is 0 Å². The molecule has 1 aromatic heterocycles. The lowest BCUT2D eigenvalue weighted by Crippen LogP contribution is -2.46. The van der Waals surface area contributed by atoms with Crippen molar-refractivity contribution in [3.8, 4) is 0 Å². The molecular weight excluding hydrogens is 320 g/mol. The van der Waals surface area contributed by atoms with E-state index in [1.807, 2.05) is 0 Å². The van der Waals surface area contributed by atoms with Crippen molar-refractivity contribution >= 4 is 16.7 Å².